The van der Waals surface area contributed by atoms with Gasteiger partial charge in [-0.05, 0) is 42.7 Å². The minimum atomic E-state index is -0.0379. The highest BCUT2D eigenvalue weighted by molar-refractivity contribution is 6.06. The van der Waals surface area contributed by atoms with Gasteiger partial charge in [-0.15, -0.1) is 0 Å². The third-order valence-electron chi connectivity index (χ3n) is 5.57. The zero-order valence-corrected chi connectivity index (χ0v) is 19.4. The van der Waals surface area contributed by atoms with Gasteiger partial charge in [0, 0.05) is 34.6 Å². The molecule has 0 amide bonds. The molecule has 0 fully saturated rings. The topological polar surface area (TPSA) is 78.3 Å². The number of carbonyl (C=O) groups is 1. The van der Waals surface area contributed by atoms with Crippen molar-refractivity contribution in [2.75, 3.05) is 11.5 Å². The first kappa shape index (κ1) is 24.1. The molecule has 4 heteroatoms. The molecular formula is C29H34N2O2. The summed E-state index contributed by atoms with van der Waals surface area (Å²) in [5.74, 6) is 1.14. The van der Waals surface area contributed by atoms with Gasteiger partial charge >= 0.3 is 0 Å². The van der Waals surface area contributed by atoms with E-state index >= 15 is 0 Å². The first-order chi connectivity index (χ1) is 16.0. The van der Waals surface area contributed by atoms with E-state index in [1.165, 1.54) is 44.1 Å². The number of ketones is 1. The predicted molar refractivity (Wildman–Crippen MR) is 139 cm³/mol. The highest BCUT2D eigenvalue weighted by Crippen LogP contribution is 2.29. The molecule has 4 N–H and O–H groups in total. The SMILES string of the molecule is CCCCCCCCc1ccc(C(=O)C=Cc2ccccc2Oc2cc(N)cc(N)c2)cc1. The van der Waals surface area contributed by atoms with Crippen molar-refractivity contribution in [2.24, 2.45) is 0 Å². The largest absolute Gasteiger partial charge is 0.457 e. The maximum Gasteiger partial charge on any atom is 0.185 e. The lowest BCUT2D eigenvalue weighted by Gasteiger charge is -2.10. The summed E-state index contributed by atoms with van der Waals surface area (Å²) in [6, 6.07) is 20.6. The van der Waals surface area contributed by atoms with Crippen molar-refractivity contribution in [3.63, 3.8) is 0 Å². The highest BCUT2D eigenvalue weighted by Gasteiger charge is 2.06. The van der Waals surface area contributed by atoms with Gasteiger partial charge in [0.2, 0.25) is 0 Å². The van der Waals surface area contributed by atoms with E-state index in [2.05, 4.69) is 19.1 Å². The van der Waals surface area contributed by atoms with Crippen LogP contribution in [0.1, 0.15) is 66.9 Å². The van der Waals surface area contributed by atoms with E-state index in [1.54, 1.807) is 30.4 Å². The van der Waals surface area contributed by atoms with Gasteiger partial charge in [0.1, 0.15) is 11.5 Å². The van der Waals surface area contributed by atoms with Crippen LogP contribution in [0, 0.1) is 0 Å². The molecule has 0 spiro atoms. The minimum Gasteiger partial charge on any atom is -0.457 e. The number of rotatable bonds is 12. The number of carbonyl (C=O) groups excluding carboxylic acids is 1. The predicted octanol–water partition coefficient (Wildman–Crippen LogP) is 7.44. The van der Waals surface area contributed by atoms with E-state index in [-0.39, 0.29) is 5.78 Å². The van der Waals surface area contributed by atoms with Gasteiger partial charge in [-0.1, -0.05) is 81.5 Å². The van der Waals surface area contributed by atoms with Crippen molar-refractivity contribution in [3.8, 4) is 11.5 Å². The molecule has 3 aromatic rings. The summed E-state index contributed by atoms with van der Waals surface area (Å²) in [5.41, 5.74) is 15.5. The molecule has 0 aliphatic rings. The van der Waals surface area contributed by atoms with Crippen molar-refractivity contribution in [2.45, 2.75) is 51.9 Å². The molecular weight excluding hydrogens is 408 g/mol. The number of hydrogen-bond acceptors (Lipinski definition) is 4. The number of anilines is 2. The smallest absolute Gasteiger partial charge is 0.185 e. The van der Waals surface area contributed by atoms with Crippen molar-refractivity contribution in [1.29, 1.82) is 0 Å². The van der Waals surface area contributed by atoms with Crippen LogP contribution in [-0.2, 0) is 6.42 Å². The molecule has 0 aliphatic carbocycles. The fourth-order valence-corrected chi connectivity index (χ4v) is 3.75. The molecule has 172 valence electrons. The molecule has 0 atom stereocenters. The van der Waals surface area contributed by atoms with Gasteiger partial charge in [0.25, 0.3) is 0 Å². The Kier molecular flexibility index (Phi) is 9.13. The van der Waals surface area contributed by atoms with Crippen LogP contribution in [0.2, 0.25) is 0 Å². The third-order valence-corrected chi connectivity index (χ3v) is 5.57. The molecule has 0 unspecified atom stereocenters. The molecule has 0 bridgehead atoms. The maximum atomic E-state index is 12.7. The number of benzene rings is 3. The van der Waals surface area contributed by atoms with E-state index in [1.807, 2.05) is 36.4 Å². The Morgan fingerprint density at radius 3 is 2.24 bits per heavy atom. The second-order valence-corrected chi connectivity index (χ2v) is 8.39. The fraction of sp³-hybridized carbons (Fsp3) is 0.276. The minimum absolute atomic E-state index is 0.0379. The lowest BCUT2D eigenvalue weighted by atomic mass is 10.0. The Labute approximate surface area is 197 Å². The average Bonchev–Trinajstić information content (AvgIpc) is 2.80. The van der Waals surface area contributed by atoms with Crippen LogP contribution in [0.5, 0.6) is 11.5 Å². The Morgan fingerprint density at radius 2 is 1.52 bits per heavy atom. The van der Waals surface area contributed by atoms with Crippen LogP contribution in [0.4, 0.5) is 11.4 Å². The van der Waals surface area contributed by atoms with Gasteiger partial charge in [0.15, 0.2) is 5.78 Å². The molecule has 0 aromatic heterocycles. The van der Waals surface area contributed by atoms with Gasteiger partial charge in [-0.25, -0.2) is 0 Å². The monoisotopic (exact) mass is 442 g/mol. The van der Waals surface area contributed by atoms with Gasteiger partial charge < -0.3 is 16.2 Å². The summed E-state index contributed by atoms with van der Waals surface area (Å²) >= 11 is 0. The van der Waals surface area contributed by atoms with E-state index in [4.69, 9.17) is 16.2 Å². The van der Waals surface area contributed by atoms with Gasteiger partial charge in [-0.3, -0.25) is 4.79 Å². The van der Waals surface area contributed by atoms with Crippen LogP contribution < -0.4 is 16.2 Å². The molecule has 0 aliphatic heterocycles. The Morgan fingerprint density at radius 1 is 0.848 bits per heavy atom. The second-order valence-electron chi connectivity index (χ2n) is 8.39. The number of para-hydroxylation sites is 1. The van der Waals surface area contributed by atoms with Crippen molar-refractivity contribution >= 4 is 23.2 Å². The summed E-state index contributed by atoms with van der Waals surface area (Å²) in [6.45, 7) is 2.24. The average molecular weight is 443 g/mol. The van der Waals surface area contributed by atoms with Crippen LogP contribution in [0.25, 0.3) is 6.08 Å². The Hall–Kier alpha value is -3.53. The summed E-state index contributed by atoms with van der Waals surface area (Å²) < 4.78 is 5.97. The third kappa shape index (κ3) is 7.83. The maximum absolute atomic E-state index is 12.7. The van der Waals surface area contributed by atoms with Crippen molar-refractivity contribution in [3.05, 3.63) is 89.5 Å². The molecule has 0 heterocycles. The number of ether oxygens (including phenoxy) is 1. The van der Waals surface area contributed by atoms with E-state index < -0.39 is 0 Å². The number of hydrogen-bond donors (Lipinski definition) is 2. The lowest BCUT2D eigenvalue weighted by Crippen LogP contribution is -1.96. The number of unbranched alkanes of at least 4 members (excludes halogenated alkanes) is 5. The lowest BCUT2D eigenvalue weighted by molar-refractivity contribution is 0.104. The number of allylic oxidation sites excluding steroid dienone is 1. The number of aryl methyl sites for hydroxylation is 1. The van der Waals surface area contributed by atoms with E-state index in [9.17, 15) is 4.79 Å². The standard InChI is InChI=1S/C29H34N2O2/c1-2-3-4-5-6-7-10-22-13-15-23(16-14-22)28(32)18-17-24-11-8-9-12-29(24)33-27-20-25(30)19-26(31)21-27/h8-9,11-21H,2-7,10,30-31H2,1H3. The number of nitrogens with two attached hydrogens (primary N) is 2. The Balaban J connectivity index is 1.59. The molecule has 3 rings (SSSR count). The highest BCUT2D eigenvalue weighted by atomic mass is 16.5. The molecule has 0 saturated heterocycles. The van der Waals surface area contributed by atoms with Crippen LogP contribution in [-0.4, -0.2) is 5.78 Å². The van der Waals surface area contributed by atoms with Crippen LogP contribution in [0.3, 0.4) is 0 Å². The number of nitrogen functional groups attached to an aromatic ring is 2. The van der Waals surface area contributed by atoms with E-state index in [0.29, 0.717) is 28.4 Å². The van der Waals surface area contributed by atoms with Crippen LogP contribution in [0.15, 0.2) is 72.8 Å². The first-order valence-corrected chi connectivity index (χ1v) is 11.8. The summed E-state index contributed by atoms with van der Waals surface area (Å²) in [4.78, 5) is 12.7. The van der Waals surface area contributed by atoms with Crippen LogP contribution >= 0.6 is 0 Å². The summed E-state index contributed by atoms with van der Waals surface area (Å²) in [6.07, 6.45) is 12.1. The molecule has 0 radical (unpaired) electrons. The van der Waals surface area contributed by atoms with Crippen molar-refractivity contribution in [1.82, 2.24) is 0 Å². The van der Waals surface area contributed by atoms with Crippen molar-refractivity contribution < 1.29 is 9.53 Å². The second kappa shape index (κ2) is 12.5. The quantitative estimate of drug-likeness (QED) is 0.132. The fourth-order valence-electron chi connectivity index (χ4n) is 3.75. The van der Waals surface area contributed by atoms with Gasteiger partial charge in [-0.2, -0.15) is 0 Å². The normalized spacial score (nSPS) is 11.1. The Bertz CT molecular complexity index is 1050. The molecule has 0 saturated carbocycles. The molecule has 4 nitrogen and oxygen atoms in total. The molecule has 3 aromatic carbocycles. The summed E-state index contributed by atoms with van der Waals surface area (Å²) in [5, 5.41) is 0. The molecule has 33 heavy (non-hydrogen) atoms. The first-order valence-electron chi connectivity index (χ1n) is 11.8. The van der Waals surface area contributed by atoms with Gasteiger partial charge in [0.05, 0.1) is 0 Å². The van der Waals surface area contributed by atoms with E-state index in [0.717, 1.165) is 12.0 Å². The zero-order valence-electron chi connectivity index (χ0n) is 19.4. The zero-order chi connectivity index (χ0) is 23.5. The summed E-state index contributed by atoms with van der Waals surface area (Å²) in [7, 11) is 0.